The van der Waals surface area contributed by atoms with E-state index in [0.717, 1.165) is 5.39 Å². The van der Waals surface area contributed by atoms with Crippen molar-refractivity contribution in [1.82, 2.24) is 0 Å². The first kappa shape index (κ1) is 13.6. The molecule has 0 bridgehead atoms. The predicted octanol–water partition coefficient (Wildman–Crippen LogP) is 5.07. The highest BCUT2D eigenvalue weighted by molar-refractivity contribution is 9.10. The monoisotopic (exact) mass is 354 g/mol. The molecule has 2 aromatic carbocycles. The smallest absolute Gasteiger partial charge is 0.141 e. The molecule has 1 aromatic heterocycles. The van der Waals surface area contributed by atoms with Gasteiger partial charge in [0, 0.05) is 20.4 Å². The van der Waals surface area contributed by atoms with Gasteiger partial charge in [0.15, 0.2) is 0 Å². The Morgan fingerprint density at radius 1 is 1.20 bits per heavy atom. The Morgan fingerprint density at radius 3 is 2.75 bits per heavy atom. The van der Waals surface area contributed by atoms with Gasteiger partial charge >= 0.3 is 0 Å². The van der Waals surface area contributed by atoms with Crippen LogP contribution in [0.25, 0.3) is 11.0 Å². The van der Waals surface area contributed by atoms with Gasteiger partial charge in [0.2, 0.25) is 0 Å². The first-order valence-electron chi connectivity index (χ1n) is 5.87. The molecule has 0 amide bonds. The molecule has 0 saturated heterocycles. The molecule has 2 nitrogen and oxygen atoms in total. The third-order valence-electron chi connectivity index (χ3n) is 3.04. The molecule has 1 heterocycles. The van der Waals surface area contributed by atoms with E-state index >= 15 is 0 Å². The molecule has 5 heteroatoms. The summed E-state index contributed by atoms with van der Waals surface area (Å²) in [6.45, 7) is 0. The molecule has 0 radical (unpaired) electrons. The molecule has 1 atom stereocenters. The normalized spacial score (nSPS) is 12.8. The minimum absolute atomic E-state index is 0.151. The average Bonchev–Trinajstić information content (AvgIpc) is 2.81. The molecule has 102 valence electrons. The highest BCUT2D eigenvalue weighted by Gasteiger charge is 2.21. The standard InChI is InChI=1S/C15H9BrClFO2/c16-10-2-1-3-11(18)14(10)15(19)13-7-8-6-9(17)4-5-12(8)20-13/h1-7,15,19H. The SMILES string of the molecule is OC(c1cc2cc(Cl)ccc2o1)c1c(F)cccc1Br. The largest absolute Gasteiger partial charge is 0.458 e. The van der Waals surface area contributed by atoms with E-state index in [4.69, 9.17) is 16.0 Å². The summed E-state index contributed by atoms with van der Waals surface area (Å²) in [6, 6.07) is 11.3. The Morgan fingerprint density at radius 2 is 2.00 bits per heavy atom. The molecule has 0 saturated carbocycles. The minimum Gasteiger partial charge on any atom is -0.458 e. The van der Waals surface area contributed by atoms with Crippen molar-refractivity contribution in [3.05, 3.63) is 69.1 Å². The predicted molar refractivity (Wildman–Crippen MR) is 79.4 cm³/mol. The topological polar surface area (TPSA) is 33.4 Å². The number of hydrogen-bond acceptors (Lipinski definition) is 2. The van der Waals surface area contributed by atoms with Crippen molar-refractivity contribution in [3.8, 4) is 0 Å². The summed E-state index contributed by atoms with van der Waals surface area (Å²) in [6.07, 6.45) is -1.18. The van der Waals surface area contributed by atoms with Crippen LogP contribution in [0, 0.1) is 5.82 Å². The van der Waals surface area contributed by atoms with Gasteiger partial charge in [-0.25, -0.2) is 4.39 Å². The fourth-order valence-corrected chi connectivity index (χ4v) is 2.82. The van der Waals surface area contributed by atoms with Gasteiger partial charge in [0.05, 0.1) is 0 Å². The Kier molecular flexibility index (Phi) is 3.54. The quantitative estimate of drug-likeness (QED) is 0.696. The van der Waals surface area contributed by atoms with E-state index in [1.54, 1.807) is 36.4 Å². The molecule has 3 rings (SSSR count). The van der Waals surface area contributed by atoms with E-state index in [9.17, 15) is 9.50 Å². The van der Waals surface area contributed by atoms with Crippen LogP contribution in [0.3, 0.4) is 0 Å². The molecule has 3 aromatic rings. The number of halogens is 3. The summed E-state index contributed by atoms with van der Waals surface area (Å²) < 4.78 is 19.9. The number of fused-ring (bicyclic) bond motifs is 1. The number of benzene rings is 2. The van der Waals surface area contributed by atoms with Gasteiger partial charge in [-0.3, -0.25) is 0 Å². The van der Waals surface area contributed by atoms with Crippen molar-refractivity contribution >= 4 is 38.5 Å². The van der Waals surface area contributed by atoms with Crippen LogP contribution in [-0.4, -0.2) is 5.11 Å². The molecule has 0 aliphatic heterocycles. The fraction of sp³-hybridized carbons (Fsp3) is 0.0667. The number of furan rings is 1. The Bertz CT molecular complexity index is 764. The number of aliphatic hydroxyl groups excluding tert-OH is 1. The first-order valence-corrected chi connectivity index (χ1v) is 7.04. The highest BCUT2D eigenvalue weighted by Crippen LogP contribution is 2.34. The average molecular weight is 356 g/mol. The molecule has 0 spiro atoms. The molecule has 1 unspecified atom stereocenters. The van der Waals surface area contributed by atoms with Crippen molar-refractivity contribution < 1.29 is 13.9 Å². The van der Waals surface area contributed by atoms with Crippen LogP contribution in [0.15, 0.2) is 51.4 Å². The first-order chi connectivity index (χ1) is 9.56. The maximum Gasteiger partial charge on any atom is 0.141 e. The molecule has 0 aliphatic rings. The summed E-state index contributed by atoms with van der Waals surface area (Å²) in [4.78, 5) is 0. The summed E-state index contributed by atoms with van der Waals surface area (Å²) in [5.74, 6) is -0.224. The van der Waals surface area contributed by atoms with Crippen LogP contribution in [0.1, 0.15) is 17.4 Å². The molecule has 0 aliphatic carbocycles. The van der Waals surface area contributed by atoms with Gasteiger partial charge in [0.25, 0.3) is 0 Å². The van der Waals surface area contributed by atoms with Gasteiger partial charge < -0.3 is 9.52 Å². The Balaban J connectivity index is 2.10. The lowest BCUT2D eigenvalue weighted by atomic mass is 10.1. The number of aliphatic hydroxyl groups is 1. The fourth-order valence-electron chi connectivity index (χ4n) is 2.08. The minimum atomic E-state index is -1.18. The zero-order valence-corrected chi connectivity index (χ0v) is 12.5. The van der Waals surface area contributed by atoms with Crippen LogP contribution in [0.2, 0.25) is 5.02 Å². The second-order valence-electron chi connectivity index (χ2n) is 4.37. The van der Waals surface area contributed by atoms with E-state index in [0.29, 0.717) is 15.1 Å². The summed E-state index contributed by atoms with van der Waals surface area (Å²) in [5, 5.41) is 11.7. The summed E-state index contributed by atoms with van der Waals surface area (Å²) in [7, 11) is 0. The van der Waals surface area contributed by atoms with Crippen molar-refractivity contribution in [3.63, 3.8) is 0 Å². The van der Waals surface area contributed by atoms with Gasteiger partial charge in [-0.2, -0.15) is 0 Å². The lowest BCUT2D eigenvalue weighted by Crippen LogP contribution is -2.02. The number of rotatable bonds is 2. The van der Waals surface area contributed by atoms with Crippen molar-refractivity contribution in [1.29, 1.82) is 0 Å². The maximum absolute atomic E-state index is 13.9. The maximum atomic E-state index is 13.9. The van der Waals surface area contributed by atoms with E-state index in [1.807, 2.05) is 0 Å². The zero-order chi connectivity index (χ0) is 14.3. The van der Waals surface area contributed by atoms with Crippen LogP contribution in [0.4, 0.5) is 4.39 Å². The van der Waals surface area contributed by atoms with Crippen molar-refractivity contribution in [2.24, 2.45) is 0 Å². The summed E-state index contributed by atoms with van der Waals surface area (Å²) >= 11 is 9.14. The molecule has 1 N–H and O–H groups in total. The van der Waals surface area contributed by atoms with Gasteiger partial charge in [-0.1, -0.05) is 33.6 Å². The van der Waals surface area contributed by atoms with Crippen LogP contribution < -0.4 is 0 Å². The van der Waals surface area contributed by atoms with Crippen molar-refractivity contribution in [2.45, 2.75) is 6.10 Å². The van der Waals surface area contributed by atoms with E-state index in [2.05, 4.69) is 15.9 Å². The van der Waals surface area contributed by atoms with Crippen LogP contribution in [0.5, 0.6) is 0 Å². The molecule has 20 heavy (non-hydrogen) atoms. The molecular weight excluding hydrogens is 347 g/mol. The van der Waals surface area contributed by atoms with Gasteiger partial charge in [-0.15, -0.1) is 0 Å². The van der Waals surface area contributed by atoms with Crippen molar-refractivity contribution in [2.75, 3.05) is 0 Å². The lowest BCUT2D eigenvalue weighted by molar-refractivity contribution is 0.187. The summed E-state index contributed by atoms with van der Waals surface area (Å²) in [5.41, 5.74) is 0.744. The Hall–Kier alpha value is -1.36. The zero-order valence-electron chi connectivity index (χ0n) is 10.1. The van der Waals surface area contributed by atoms with Gasteiger partial charge in [0.1, 0.15) is 23.3 Å². The highest BCUT2D eigenvalue weighted by atomic mass is 79.9. The Labute approximate surface area is 127 Å². The molecule has 0 fully saturated rings. The van der Waals surface area contributed by atoms with E-state index in [-0.39, 0.29) is 11.3 Å². The second-order valence-corrected chi connectivity index (χ2v) is 5.66. The third kappa shape index (κ3) is 2.35. The van der Waals surface area contributed by atoms with Crippen LogP contribution >= 0.6 is 27.5 Å². The third-order valence-corrected chi connectivity index (χ3v) is 3.97. The van der Waals surface area contributed by atoms with Gasteiger partial charge in [-0.05, 0) is 36.4 Å². The number of hydrogen-bond donors (Lipinski definition) is 1. The lowest BCUT2D eigenvalue weighted by Gasteiger charge is -2.11. The van der Waals surface area contributed by atoms with E-state index < -0.39 is 11.9 Å². The van der Waals surface area contributed by atoms with Crippen LogP contribution in [-0.2, 0) is 0 Å². The second kappa shape index (κ2) is 5.20. The van der Waals surface area contributed by atoms with E-state index in [1.165, 1.54) is 6.07 Å². The molecular formula is C15H9BrClFO2.